The van der Waals surface area contributed by atoms with Crippen LogP contribution in [0, 0.1) is 27.5 Å². The monoisotopic (exact) mass is 416 g/mol. The second-order valence-electron chi connectivity index (χ2n) is 7.73. The molecule has 0 radical (unpaired) electrons. The first kappa shape index (κ1) is 11.1. The molecule has 0 saturated heterocycles. The third kappa shape index (κ3) is 2.42. The molecule has 0 atom stereocenters. The first-order chi connectivity index (χ1) is 18.6. The van der Waals surface area contributed by atoms with Gasteiger partial charge in [-0.15, -0.1) is 0 Å². The summed E-state index contributed by atoms with van der Waals surface area (Å²) in [6, 6.07) is 12.2. The fourth-order valence-electron chi connectivity index (χ4n) is 4.45. The van der Waals surface area contributed by atoms with Crippen molar-refractivity contribution in [3.63, 3.8) is 0 Å². The summed E-state index contributed by atoms with van der Waals surface area (Å²) in [4.78, 5) is 4.53. The predicted molar refractivity (Wildman–Crippen MR) is 124 cm³/mol. The molecule has 0 fully saturated rings. The number of rotatable bonds is 1. The molecule has 2 aromatic carbocycles. The molecule has 0 saturated carbocycles. The van der Waals surface area contributed by atoms with Crippen molar-refractivity contribution in [3.05, 3.63) is 71.2 Å². The lowest BCUT2D eigenvalue weighted by molar-refractivity contribution is -0.660. The molecular weight excluding hydrogens is 384 g/mol. The maximum absolute atomic E-state index is 8.29. The Bertz CT molecular complexity index is 1990. The maximum atomic E-state index is 8.29. The molecule has 0 amide bonds. The van der Waals surface area contributed by atoms with Gasteiger partial charge in [-0.25, -0.2) is 4.57 Å². The number of nitrogens with zero attached hydrogens (tertiary/aromatic N) is 2. The first-order valence-electron chi connectivity index (χ1n) is 14.3. The zero-order valence-electron chi connectivity index (χ0n) is 25.8. The average Bonchev–Trinajstić information content (AvgIpc) is 3.40. The number of para-hydroxylation sites is 1. The van der Waals surface area contributed by atoms with Crippen LogP contribution in [0.2, 0.25) is 0 Å². The molecule has 0 spiro atoms. The Kier molecular flexibility index (Phi) is 2.21. The quantitative estimate of drug-likeness (QED) is 0.283. The van der Waals surface area contributed by atoms with Gasteiger partial charge in [-0.1, -0.05) is 18.2 Å². The van der Waals surface area contributed by atoms with Crippen molar-refractivity contribution in [1.82, 2.24) is 4.98 Å². The molecule has 0 aliphatic rings. The molecule has 152 valence electrons. The van der Waals surface area contributed by atoms with Crippen molar-refractivity contribution in [2.45, 2.75) is 27.5 Å². The molecule has 4 heterocycles. The molecule has 0 unspecified atom stereocenters. The zero-order chi connectivity index (χ0) is 28.9. The molecule has 4 aromatic heterocycles. The summed E-state index contributed by atoms with van der Waals surface area (Å²) < 4.78 is 86.6. The number of aromatic nitrogens is 2. The van der Waals surface area contributed by atoms with Gasteiger partial charge in [0.2, 0.25) is 5.69 Å². The van der Waals surface area contributed by atoms with E-state index in [1.54, 1.807) is 26.1 Å². The Labute approximate surface area is 192 Å². The average molecular weight is 417 g/mol. The molecule has 0 N–H and O–H groups in total. The normalized spacial score (nSPS) is 17.5. The largest absolute Gasteiger partial charge is 0.456 e. The minimum Gasteiger partial charge on any atom is -0.456 e. The van der Waals surface area contributed by atoms with Gasteiger partial charge in [0.05, 0.1) is 11.1 Å². The number of benzene rings is 2. The van der Waals surface area contributed by atoms with Crippen molar-refractivity contribution in [2.24, 2.45) is 7.05 Å². The SMILES string of the molecule is [2H]C([2H])([2H])c1cc(-c2c(C)nc(C([2H])([2H])[2H])c3c2oc2ccc4oc5ccccc5c4c23)[n+](C)cc1C([2H])([2H])[2H]. The third-order valence-electron chi connectivity index (χ3n) is 5.83. The minimum atomic E-state index is -2.72. The van der Waals surface area contributed by atoms with Gasteiger partial charge in [0, 0.05) is 45.8 Å². The van der Waals surface area contributed by atoms with E-state index in [2.05, 4.69) is 4.98 Å². The molecule has 4 nitrogen and oxygen atoms in total. The van der Waals surface area contributed by atoms with E-state index < -0.39 is 20.6 Å². The molecular formula is C27H23N2O2+. The highest BCUT2D eigenvalue weighted by molar-refractivity contribution is 6.27. The number of hydrogen-bond donors (Lipinski definition) is 0. The van der Waals surface area contributed by atoms with Crippen LogP contribution in [0.1, 0.15) is 34.9 Å². The number of hydrogen-bond acceptors (Lipinski definition) is 3. The van der Waals surface area contributed by atoms with Gasteiger partial charge in [-0.2, -0.15) is 0 Å². The van der Waals surface area contributed by atoms with Crippen molar-refractivity contribution < 1.29 is 25.7 Å². The van der Waals surface area contributed by atoms with E-state index in [9.17, 15) is 0 Å². The fraction of sp³-hybridized carbons (Fsp3) is 0.185. The van der Waals surface area contributed by atoms with Crippen LogP contribution in [0.5, 0.6) is 0 Å². The number of aryl methyl sites for hydroxylation is 5. The van der Waals surface area contributed by atoms with Crippen molar-refractivity contribution in [1.29, 1.82) is 0 Å². The summed E-state index contributed by atoms with van der Waals surface area (Å²) in [6.07, 6.45) is 1.28. The summed E-state index contributed by atoms with van der Waals surface area (Å²) in [5.74, 6) is 0. The van der Waals surface area contributed by atoms with Gasteiger partial charge in [0.1, 0.15) is 29.4 Å². The van der Waals surface area contributed by atoms with Gasteiger partial charge in [0.25, 0.3) is 0 Å². The first-order valence-corrected chi connectivity index (χ1v) is 9.80. The van der Waals surface area contributed by atoms with Crippen LogP contribution >= 0.6 is 0 Å². The second-order valence-corrected chi connectivity index (χ2v) is 7.73. The van der Waals surface area contributed by atoms with Crippen LogP contribution in [0.4, 0.5) is 0 Å². The van der Waals surface area contributed by atoms with E-state index in [1.807, 2.05) is 24.3 Å². The topological polar surface area (TPSA) is 43.1 Å². The van der Waals surface area contributed by atoms with Gasteiger partial charge >= 0.3 is 0 Å². The smallest absolute Gasteiger partial charge is 0.218 e. The van der Waals surface area contributed by atoms with E-state index in [1.165, 1.54) is 16.8 Å². The minimum absolute atomic E-state index is 0.155. The molecule has 4 heteroatoms. The van der Waals surface area contributed by atoms with Crippen LogP contribution < -0.4 is 4.57 Å². The number of pyridine rings is 2. The van der Waals surface area contributed by atoms with Crippen molar-refractivity contribution in [2.75, 3.05) is 0 Å². The molecule has 6 rings (SSSR count). The molecule has 0 bridgehead atoms. The van der Waals surface area contributed by atoms with E-state index in [0.29, 0.717) is 44.5 Å². The Balaban J connectivity index is 1.82. The van der Waals surface area contributed by atoms with Crippen molar-refractivity contribution in [3.8, 4) is 11.3 Å². The van der Waals surface area contributed by atoms with Crippen LogP contribution in [-0.4, -0.2) is 4.98 Å². The van der Waals surface area contributed by atoms with Crippen LogP contribution in [0.15, 0.2) is 57.5 Å². The standard InChI is InChI=1S/C27H23N2O2/c1-14-12-19(29(5)13-15(14)2)23-16(3)28-17(4)24-26-22(31-27(23)24)11-10-21-25(26)18-8-6-7-9-20(18)30-21/h6-13H,1-5H3/q+1/i1D3,2D3,4D3. The molecule has 6 aromatic rings. The van der Waals surface area contributed by atoms with Gasteiger partial charge in [-0.3, -0.25) is 4.98 Å². The Morgan fingerprint density at radius 2 is 1.65 bits per heavy atom. The number of furan rings is 2. The van der Waals surface area contributed by atoms with Gasteiger partial charge in [0.15, 0.2) is 11.8 Å². The summed E-state index contributed by atoms with van der Waals surface area (Å²) in [6.45, 7) is -6.37. The summed E-state index contributed by atoms with van der Waals surface area (Å²) >= 11 is 0. The van der Waals surface area contributed by atoms with Crippen LogP contribution in [-0.2, 0) is 7.05 Å². The summed E-state index contributed by atoms with van der Waals surface area (Å²) in [5, 5.41) is 2.25. The van der Waals surface area contributed by atoms with E-state index in [-0.39, 0.29) is 27.8 Å². The maximum Gasteiger partial charge on any atom is 0.218 e. The lowest BCUT2D eigenvalue weighted by Crippen LogP contribution is -2.31. The van der Waals surface area contributed by atoms with Gasteiger partial charge in [-0.05, 0) is 51.2 Å². The molecule has 0 aliphatic carbocycles. The predicted octanol–water partition coefficient (Wildman–Crippen LogP) is 6.61. The highest BCUT2D eigenvalue weighted by atomic mass is 16.3. The fourth-order valence-corrected chi connectivity index (χ4v) is 4.45. The van der Waals surface area contributed by atoms with E-state index in [0.717, 1.165) is 5.39 Å². The van der Waals surface area contributed by atoms with Gasteiger partial charge < -0.3 is 8.83 Å². The van der Waals surface area contributed by atoms with E-state index in [4.69, 9.17) is 21.2 Å². The summed E-state index contributed by atoms with van der Waals surface area (Å²) in [7, 11) is 1.60. The highest BCUT2D eigenvalue weighted by Gasteiger charge is 2.25. The summed E-state index contributed by atoms with van der Waals surface area (Å²) in [5.41, 5.74) is 1.99. The third-order valence-corrected chi connectivity index (χ3v) is 5.83. The van der Waals surface area contributed by atoms with Crippen LogP contribution in [0.25, 0.3) is 55.1 Å². The molecule has 0 aliphatic heterocycles. The zero-order valence-corrected chi connectivity index (χ0v) is 16.8. The van der Waals surface area contributed by atoms with Crippen LogP contribution in [0.3, 0.4) is 0 Å². The van der Waals surface area contributed by atoms with E-state index >= 15 is 0 Å². The Morgan fingerprint density at radius 3 is 2.45 bits per heavy atom. The lowest BCUT2D eigenvalue weighted by atomic mass is 10.00. The Hall–Kier alpha value is -3.66. The Morgan fingerprint density at radius 1 is 0.839 bits per heavy atom. The molecule has 31 heavy (non-hydrogen) atoms. The highest BCUT2D eigenvalue weighted by Crippen LogP contribution is 2.43. The lowest BCUT2D eigenvalue weighted by Gasteiger charge is -2.09. The number of fused-ring (bicyclic) bond motifs is 7. The van der Waals surface area contributed by atoms with Crippen molar-refractivity contribution >= 4 is 43.9 Å². The second kappa shape index (κ2) is 6.17.